The van der Waals surface area contributed by atoms with Crippen LogP contribution in [0.15, 0.2) is 58.3 Å². The van der Waals surface area contributed by atoms with Crippen molar-refractivity contribution < 1.29 is 18.6 Å². The highest BCUT2D eigenvalue weighted by Crippen LogP contribution is 2.22. The molecule has 2 rings (SSSR count). The predicted octanol–water partition coefficient (Wildman–Crippen LogP) is 2.37. The number of rotatable bonds is 8. The highest BCUT2D eigenvalue weighted by atomic mass is 32.2. The minimum Gasteiger partial charge on any atom is -0.396 e. The highest BCUT2D eigenvalue weighted by molar-refractivity contribution is 7.91. The Hall–Kier alpha value is -1.69. The van der Waals surface area contributed by atoms with E-state index in [9.17, 15) is 8.42 Å². The van der Waals surface area contributed by atoms with Gasteiger partial charge in [0, 0.05) is 13.2 Å². The van der Waals surface area contributed by atoms with E-state index in [0.717, 1.165) is 24.0 Å². The summed E-state index contributed by atoms with van der Waals surface area (Å²) in [5, 5.41) is 17.7. The van der Waals surface area contributed by atoms with Crippen molar-refractivity contribution in [3.63, 3.8) is 0 Å². The van der Waals surface area contributed by atoms with Crippen LogP contribution in [0.5, 0.6) is 0 Å². The van der Waals surface area contributed by atoms with Gasteiger partial charge in [-0.1, -0.05) is 24.3 Å². The molecule has 0 aromatic heterocycles. The van der Waals surface area contributed by atoms with Crippen molar-refractivity contribution in [2.75, 3.05) is 13.2 Å². The van der Waals surface area contributed by atoms with Crippen LogP contribution >= 0.6 is 0 Å². The third-order valence-electron chi connectivity index (χ3n) is 3.71. The summed E-state index contributed by atoms with van der Waals surface area (Å²) in [5.41, 5.74) is 2.02. The van der Waals surface area contributed by atoms with Crippen molar-refractivity contribution in [2.24, 2.45) is 0 Å². The summed E-state index contributed by atoms with van der Waals surface area (Å²) in [7, 11) is -3.51. The third kappa shape index (κ3) is 4.64. The van der Waals surface area contributed by atoms with Gasteiger partial charge in [0.15, 0.2) is 0 Å². The van der Waals surface area contributed by atoms with E-state index in [1.54, 1.807) is 48.5 Å². The van der Waals surface area contributed by atoms with Crippen LogP contribution in [0.1, 0.15) is 24.0 Å². The summed E-state index contributed by atoms with van der Waals surface area (Å²) in [6.45, 7) is 0.255. The van der Waals surface area contributed by atoms with Gasteiger partial charge in [-0.3, -0.25) is 0 Å². The van der Waals surface area contributed by atoms with E-state index in [2.05, 4.69) is 0 Å². The quantitative estimate of drug-likeness (QED) is 0.777. The third-order valence-corrected chi connectivity index (χ3v) is 5.50. The second kappa shape index (κ2) is 8.24. The Morgan fingerprint density at radius 2 is 1.00 bits per heavy atom. The van der Waals surface area contributed by atoms with E-state index in [-0.39, 0.29) is 23.0 Å². The molecule has 0 aliphatic carbocycles. The molecule has 0 amide bonds. The van der Waals surface area contributed by atoms with Crippen LogP contribution in [0.2, 0.25) is 0 Å². The SMILES string of the molecule is O=S(=O)(c1ccc(CCCO)cc1)c1ccc(CCCO)cc1. The first-order valence-corrected chi connectivity index (χ1v) is 9.21. The van der Waals surface area contributed by atoms with Gasteiger partial charge in [-0.05, 0) is 61.1 Å². The van der Waals surface area contributed by atoms with Gasteiger partial charge < -0.3 is 10.2 Å². The smallest absolute Gasteiger partial charge is 0.206 e. The van der Waals surface area contributed by atoms with Crippen LogP contribution in [0, 0.1) is 0 Å². The predicted molar refractivity (Wildman–Crippen MR) is 89.1 cm³/mol. The molecule has 0 radical (unpaired) electrons. The summed E-state index contributed by atoms with van der Waals surface area (Å²) >= 11 is 0. The lowest BCUT2D eigenvalue weighted by atomic mass is 10.1. The van der Waals surface area contributed by atoms with Gasteiger partial charge in [0.1, 0.15) is 0 Å². The Kier molecular flexibility index (Phi) is 6.33. The van der Waals surface area contributed by atoms with Crippen LogP contribution in [-0.4, -0.2) is 31.8 Å². The van der Waals surface area contributed by atoms with E-state index in [0.29, 0.717) is 12.8 Å². The van der Waals surface area contributed by atoms with E-state index < -0.39 is 9.84 Å². The molecule has 0 saturated carbocycles. The molecule has 0 unspecified atom stereocenters. The topological polar surface area (TPSA) is 74.6 Å². The van der Waals surface area contributed by atoms with E-state index in [1.807, 2.05) is 0 Å². The van der Waals surface area contributed by atoms with Crippen molar-refractivity contribution in [3.8, 4) is 0 Å². The number of hydrogen-bond donors (Lipinski definition) is 2. The van der Waals surface area contributed by atoms with Gasteiger partial charge in [0.05, 0.1) is 9.79 Å². The Labute approximate surface area is 137 Å². The Morgan fingerprint density at radius 1 is 0.652 bits per heavy atom. The zero-order valence-corrected chi connectivity index (χ0v) is 13.8. The molecule has 0 aliphatic heterocycles. The molecule has 2 aromatic rings. The highest BCUT2D eigenvalue weighted by Gasteiger charge is 2.17. The summed E-state index contributed by atoms with van der Waals surface area (Å²) in [5.74, 6) is 0. The molecule has 124 valence electrons. The molecular formula is C18H22O4S. The minimum absolute atomic E-state index is 0.128. The molecule has 0 bridgehead atoms. The lowest BCUT2D eigenvalue weighted by Crippen LogP contribution is -2.02. The van der Waals surface area contributed by atoms with Crippen molar-refractivity contribution in [2.45, 2.75) is 35.5 Å². The van der Waals surface area contributed by atoms with Crippen LogP contribution in [0.4, 0.5) is 0 Å². The zero-order chi connectivity index (χ0) is 16.7. The molecule has 0 atom stereocenters. The normalized spacial score (nSPS) is 11.6. The van der Waals surface area contributed by atoms with Crippen LogP contribution in [0.3, 0.4) is 0 Å². The number of aliphatic hydroxyl groups is 2. The second-order valence-electron chi connectivity index (χ2n) is 5.45. The number of sulfone groups is 1. The zero-order valence-electron chi connectivity index (χ0n) is 13.0. The maximum atomic E-state index is 12.6. The van der Waals surface area contributed by atoms with Crippen LogP contribution in [0.25, 0.3) is 0 Å². The summed E-state index contributed by atoms with van der Waals surface area (Å²) in [6.07, 6.45) is 2.80. The largest absolute Gasteiger partial charge is 0.396 e. The van der Waals surface area contributed by atoms with Gasteiger partial charge in [-0.25, -0.2) is 8.42 Å². The summed E-state index contributed by atoms with van der Waals surface area (Å²) in [6, 6.07) is 13.6. The molecule has 2 N–H and O–H groups in total. The molecule has 0 fully saturated rings. The molecule has 2 aromatic carbocycles. The number of aliphatic hydroxyl groups excluding tert-OH is 2. The number of benzene rings is 2. The second-order valence-corrected chi connectivity index (χ2v) is 7.40. The summed E-state index contributed by atoms with van der Waals surface area (Å²) in [4.78, 5) is 0.543. The molecule has 23 heavy (non-hydrogen) atoms. The average Bonchev–Trinajstić information content (AvgIpc) is 2.59. The van der Waals surface area contributed by atoms with Gasteiger partial charge in [-0.15, -0.1) is 0 Å². The fourth-order valence-corrected chi connectivity index (χ4v) is 3.63. The van der Waals surface area contributed by atoms with Gasteiger partial charge in [-0.2, -0.15) is 0 Å². The maximum Gasteiger partial charge on any atom is 0.206 e. The molecular weight excluding hydrogens is 312 g/mol. The lowest BCUT2D eigenvalue weighted by molar-refractivity contribution is 0.288. The first-order chi connectivity index (χ1) is 11.1. The lowest BCUT2D eigenvalue weighted by Gasteiger charge is -2.07. The van der Waals surface area contributed by atoms with Gasteiger partial charge in [0.25, 0.3) is 0 Å². The van der Waals surface area contributed by atoms with Gasteiger partial charge in [0.2, 0.25) is 9.84 Å². The molecule has 0 spiro atoms. The van der Waals surface area contributed by atoms with E-state index >= 15 is 0 Å². The fraction of sp³-hybridized carbons (Fsp3) is 0.333. The van der Waals surface area contributed by atoms with E-state index in [4.69, 9.17) is 10.2 Å². The van der Waals surface area contributed by atoms with Gasteiger partial charge >= 0.3 is 0 Å². The first kappa shape index (κ1) is 17.7. The number of aryl methyl sites for hydroxylation is 2. The Bertz CT molecular complexity index is 646. The minimum atomic E-state index is -3.51. The first-order valence-electron chi connectivity index (χ1n) is 7.72. The van der Waals surface area contributed by atoms with Crippen molar-refractivity contribution >= 4 is 9.84 Å². The van der Waals surface area contributed by atoms with Crippen LogP contribution in [-0.2, 0) is 22.7 Å². The number of hydrogen-bond acceptors (Lipinski definition) is 4. The monoisotopic (exact) mass is 334 g/mol. The van der Waals surface area contributed by atoms with Crippen molar-refractivity contribution in [1.29, 1.82) is 0 Å². The molecule has 4 nitrogen and oxygen atoms in total. The fourth-order valence-electron chi connectivity index (χ4n) is 2.37. The molecule has 0 saturated heterocycles. The molecule has 0 heterocycles. The maximum absolute atomic E-state index is 12.6. The summed E-state index contributed by atoms with van der Waals surface area (Å²) < 4.78 is 25.2. The molecule has 0 aliphatic rings. The van der Waals surface area contributed by atoms with E-state index in [1.165, 1.54) is 0 Å². The van der Waals surface area contributed by atoms with Crippen LogP contribution < -0.4 is 0 Å². The Balaban J connectivity index is 2.17. The Morgan fingerprint density at radius 3 is 1.30 bits per heavy atom. The van der Waals surface area contributed by atoms with Crippen molar-refractivity contribution in [3.05, 3.63) is 59.7 Å². The molecule has 5 heteroatoms. The average molecular weight is 334 g/mol. The standard InChI is InChI=1S/C18H22O4S/c19-13-1-3-15-5-9-17(10-6-15)23(21,22)18-11-7-16(8-12-18)4-2-14-20/h5-12,19-20H,1-4,13-14H2. The van der Waals surface area contributed by atoms with Crippen molar-refractivity contribution in [1.82, 2.24) is 0 Å².